The van der Waals surface area contributed by atoms with Crippen molar-refractivity contribution in [1.82, 2.24) is 25.2 Å². The molecule has 1 aliphatic rings. The second kappa shape index (κ2) is 10.3. The molecule has 0 saturated carbocycles. The topological polar surface area (TPSA) is 107 Å². The van der Waals surface area contributed by atoms with Crippen LogP contribution in [0.1, 0.15) is 60.5 Å². The van der Waals surface area contributed by atoms with Crippen LogP contribution >= 0.6 is 11.3 Å². The lowest BCUT2D eigenvalue weighted by atomic mass is 9.97. The molecule has 1 atom stereocenters. The first kappa shape index (κ1) is 21.1. The van der Waals surface area contributed by atoms with Gasteiger partial charge in [0.2, 0.25) is 0 Å². The van der Waals surface area contributed by atoms with E-state index in [1.54, 1.807) is 5.38 Å². The molecule has 2 aromatic heterocycles. The molecular formula is C20H27N7OS. The van der Waals surface area contributed by atoms with Crippen molar-refractivity contribution in [3.05, 3.63) is 28.7 Å². The molecule has 0 radical (unpaired) electrons. The van der Waals surface area contributed by atoms with E-state index in [0.717, 1.165) is 50.3 Å². The Labute approximate surface area is 175 Å². The van der Waals surface area contributed by atoms with Gasteiger partial charge in [-0.3, -0.25) is 9.69 Å². The number of aryl methyl sites for hydroxylation is 1. The molecular weight excluding hydrogens is 386 g/mol. The number of hydrogen-bond donors (Lipinski definition) is 2. The Bertz CT molecular complexity index is 876. The first-order valence-corrected chi connectivity index (χ1v) is 10.9. The van der Waals surface area contributed by atoms with E-state index in [0.29, 0.717) is 29.7 Å². The smallest absolute Gasteiger partial charge is 0.270 e. The van der Waals surface area contributed by atoms with Crippen LogP contribution in [0, 0.1) is 18.3 Å². The fourth-order valence-corrected chi connectivity index (χ4v) is 4.06. The number of carbonyl (C=O) groups excluding carboxylic acids is 1. The molecule has 1 aliphatic heterocycles. The lowest BCUT2D eigenvalue weighted by Gasteiger charge is -2.30. The Hall–Kier alpha value is -2.57. The summed E-state index contributed by atoms with van der Waals surface area (Å²) in [4.78, 5) is 28.0. The molecule has 0 spiro atoms. The summed E-state index contributed by atoms with van der Waals surface area (Å²) in [6.07, 6.45) is 4.05. The zero-order chi connectivity index (χ0) is 20.6. The number of likely N-dealkylation sites (tertiary alicyclic amines) is 1. The van der Waals surface area contributed by atoms with Gasteiger partial charge in [0.1, 0.15) is 17.3 Å². The number of unbranched alkanes of at least 4 members (excludes halogenated alkanes) is 1. The van der Waals surface area contributed by atoms with Gasteiger partial charge in [0.05, 0.1) is 12.6 Å². The van der Waals surface area contributed by atoms with Crippen LogP contribution in [0.15, 0.2) is 11.4 Å². The first-order chi connectivity index (χ1) is 14.1. The molecule has 1 saturated heterocycles. The monoisotopic (exact) mass is 413 g/mol. The third-order valence-corrected chi connectivity index (χ3v) is 5.58. The van der Waals surface area contributed by atoms with E-state index in [-0.39, 0.29) is 11.8 Å². The van der Waals surface area contributed by atoms with Crippen LogP contribution in [0.25, 0.3) is 0 Å². The summed E-state index contributed by atoms with van der Waals surface area (Å²) in [5.74, 6) is 1.54. The van der Waals surface area contributed by atoms with Crippen LogP contribution in [-0.4, -0.2) is 51.9 Å². The molecule has 3 heterocycles. The van der Waals surface area contributed by atoms with Gasteiger partial charge >= 0.3 is 0 Å². The van der Waals surface area contributed by atoms with Gasteiger partial charge < -0.3 is 10.6 Å². The standard InChI is InChI=1S/C20H27N7OS/c1-3-4-8-22-19(28)16-13-29-20(24-16)26-17-11-14(2)23-18(25-17)15-6-5-9-27(12-15)10-7-21/h11,13,15H,3-6,8-10,12H2,1-2H3,(H,22,28)(H,23,24,25,26)/t15-/m0/s1. The number of hydrogen-bond acceptors (Lipinski definition) is 8. The second-order valence-electron chi connectivity index (χ2n) is 7.26. The first-order valence-electron chi connectivity index (χ1n) is 10.0. The molecule has 0 aromatic carbocycles. The van der Waals surface area contributed by atoms with Crippen LogP contribution in [0.5, 0.6) is 0 Å². The number of amides is 1. The van der Waals surface area contributed by atoms with E-state index in [9.17, 15) is 4.79 Å². The number of nitrogens with zero attached hydrogens (tertiary/aromatic N) is 5. The zero-order valence-corrected chi connectivity index (χ0v) is 17.8. The number of nitrogens with one attached hydrogen (secondary N) is 2. The highest BCUT2D eigenvalue weighted by atomic mass is 32.1. The third kappa shape index (κ3) is 5.95. The quantitative estimate of drug-likeness (QED) is 0.505. The van der Waals surface area contributed by atoms with Gasteiger partial charge in [0.15, 0.2) is 5.13 Å². The molecule has 3 rings (SSSR count). The van der Waals surface area contributed by atoms with E-state index in [1.165, 1.54) is 11.3 Å². The SMILES string of the molecule is CCCCNC(=O)c1csc(Nc2cc(C)nc([C@H]3CCCN(CC#N)C3)n2)n1. The van der Waals surface area contributed by atoms with E-state index in [4.69, 9.17) is 10.2 Å². The molecule has 1 fully saturated rings. The minimum atomic E-state index is -0.151. The van der Waals surface area contributed by atoms with Crippen LogP contribution in [0.3, 0.4) is 0 Å². The van der Waals surface area contributed by atoms with Crippen molar-refractivity contribution in [3.8, 4) is 6.07 Å². The normalized spacial score (nSPS) is 16.9. The highest BCUT2D eigenvalue weighted by molar-refractivity contribution is 7.14. The summed E-state index contributed by atoms with van der Waals surface area (Å²) in [5, 5.41) is 17.4. The molecule has 8 nitrogen and oxygen atoms in total. The Morgan fingerprint density at radius 3 is 3.07 bits per heavy atom. The van der Waals surface area contributed by atoms with Crippen LogP contribution in [0.4, 0.5) is 10.9 Å². The van der Waals surface area contributed by atoms with Crippen LogP contribution in [-0.2, 0) is 0 Å². The second-order valence-corrected chi connectivity index (χ2v) is 8.12. The fourth-order valence-electron chi connectivity index (χ4n) is 3.36. The van der Waals surface area contributed by atoms with Gasteiger partial charge in [-0.2, -0.15) is 5.26 Å². The van der Waals surface area contributed by atoms with E-state index in [2.05, 4.69) is 38.5 Å². The van der Waals surface area contributed by atoms with E-state index < -0.39 is 0 Å². The Balaban J connectivity index is 1.68. The van der Waals surface area contributed by atoms with Crippen molar-refractivity contribution >= 4 is 28.2 Å². The number of thiazole rings is 1. The predicted molar refractivity (Wildman–Crippen MR) is 113 cm³/mol. The molecule has 0 bridgehead atoms. The molecule has 0 unspecified atom stereocenters. The van der Waals surface area contributed by atoms with Gasteiger partial charge in [-0.1, -0.05) is 13.3 Å². The van der Waals surface area contributed by atoms with E-state index >= 15 is 0 Å². The maximum atomic E-state index is 12.1. The maximum Gasteiger partial charge on any atom is 0.270 e. The minimum absolute atomic E-state index is 0.151. The van der Waals surface area contributed by atoms with E-state index in [1.807, 2.05) is 13.0 Å². The van der Waals surface area contributed by atoms with Crippen LogP contribution in [0.2, 0.25) is 0 Å². The molecule has 2 aromatic rings. The van der Waals surface area contributed by atoms with Crippen molar-refractivity contribution < 1.29 is 4.79 Å². The average Bonchev–Trinajstić information content (AvgIpc) is 3.17. The highest BCUT2D eigenvalue weighted by Gasteiger charge is 2.24. The number of carbonyl (C=O) groups is 1. The Morgan fingerprint density at radius 1 is 1.41 bits per heavy atom. The molecule has 9 heteroatoms. The third-order valence-electron chi connectivity index (χ3n) is 4.82. The number of rotatable bonds is 8. The van der Waals surface area contributed by atoms with Gasteiger partial charge in [-0.15, -0.1) is 11.3 Å². The lowest BCUT2D eigenvalue weighted by molar-refractivity contribution is 0.0949. The van der Waals surface area contributed by atoms with Crippen molar-refractivity contribution in [2.24, 2.45) is 0 Å². The highest BCUT2D eigenvalue weighted by Crippen LogP contribution is 2.27. The zero-order valence-electron chi connectivity index (χ0n) is 16.9. The summed E-state index contributed by atoms with van der Waals surface area (Å²) in [6.45, 7) is 6.88. The molecule has 29 heavy (non-hydrogen) atoms. The van der Waals surface area contributed by atoms with Gasteiger partial charge in [-0.05, 0) is 32.7 Å². The number of anilines is 2. The van der Waals surface area contributed by atoms with Gasteiger partial charge in [-0.25, -0.2) is 15.0 Å². The summed E-state index contributed by atoms with van der Waals surface area (Å²) in [6, 6.07) is 4.10. The number of piperidine rings is 1. The molecule has 0 aliphatic carbocycles. The Morgan fingerprint density at radius 2 is 2.28 bits per heavy atom. The van der Waals surface area contributed by atoms with Crippen molar-refractivity contribution in [2.75, 3.05) is 31.5 Å². The van der Waals surface area contributed by atoms with Crippen LogP contribution < -0.4 is 10.6 Å². The molecule has 154 valence electrons. The largest absolute Gasteiger partial charge is 0.351 e. The predicted octanol–water partition coefficient (Wildman–Crippen LogP) is 3.22. The van der Waals surface area contributed by atoms with Gasteiger partial charge in [0.25, 0.3) is 5.91 Å². The Kier molecular flexibility index (Phi) is 7.49. The minimum Gasteiger partial charge on any atom is -0.351 e. The summed E-state index contributed by atoms with van der Waals surface area (Å²) in [5.41, 5.74) is 1.29. The number of nitriles is 1. The number of aromatic nitrogens is 3. The summed E-state index contributed by atoms with van der Waals surface area (Å²) < 4.78 is 0. The molecule has 1 amide bonds. The lowest BCUT2D eigenvalue weighted by Crippen LogP contribution is -2.35. The maximum absolute atomic E-state index is 12.1. The van der Waals surface area contributed by atoms with Crippen molar-refractivity contribution in [2.45, 2.75) is 45.4 Å². The van der Waals surface area contributed by atoms with Gasteiger partial charge in [0, 0.05) is 36.1 Å². The fraction of sp³-hybridized carbons (Fsp3) is 0.550. The van der Waals surface area contributed by atoms with Crippen molar-refractivity contribution in [1.29, 1.82) is 5.26 Å². The molecule has 2 N–H and O–H groups in total. The average molecular weight is 414 g/mol. The summed E-state index contributed by atoms with van der Waals surface area (Å²) in [7, 11) is 0. The van der Waals surface area contributed by atoms with Crippen molar-refractivity contribution in [3.63, 3.8) is 0 Å². The summed E-state index contributed by atoms with van der Waals surface area (Å²) >= 11 is 1.38.